The smallest absolute Gasteiger partial charge is 0.157 e. The van der Waals surface area contributed by atoms with Crippen molar-refractivity contribution >= 4 is 0 Å². The highest BCUT2D eigenvalue weighted by atomic mass is 16.5. The van der Waals surface area contributed by atoms with Crippen molar-refractivity contribution < 1.29 is 55.4 Å². The lowest BCUT2D eigenvalue weighted by molar-refractivity contribution is 0.00659. The zero-order chi connectivity index (χ0) is 29.2. The minimum atomic E-state index is -1.44. The molecule has 9 N–H and O–H groups in total. The van der Waals surface area contributed by atoms with Gasteiger partial charge in [-0.15, -0.1) is 0 Å². The summed E-state index contributed by atoms with van der Waals surface area (Å²) < 4.78 is 11.9. The second-order valence-electron chi connectivity index (χ2n) is 10.2. The Hall–Kier alpha value is -5.00. The highest BCUT2D eigenvalue weighted by Gasteiger charge is 2.44. The Bertz CT molecular complexity index is 1670. The van der Waals surface area contributed by atoms with E-state index in [0.717, 1.165) is 0 Å². The molecule has 2 aliphatic heterocycles. The predicted molar refractivity (Wildman–Crippen MR) is 142 cm³/mol. The Labute approximate surface area is 232 Å². The number of ether oxygens (including phenoxy) is 2. The summed E-state index contributed by atoms with van der Waals surface area (Å²) in [6, 6.07) is 13.3. The van der Waals surface area contributed by atoms with Crippen LogP contribution >= 0.6 is 0 Å². The van der Waals surface area contributed by atoms with Crippen LogP contribution in [0.2, 0.25) is 0 Å². The van der Waals surface area contributed by atoms with E-state index in [0.29, 0.717) is 11.1 Å². The van der Waals surface area contributed by atoms with Crippen LogP contribution in [0, 0.1) is 0 Å². The van der Waals surface area contributed by atoms with Crippen LogP contribution in [0.25, 0.3) is 0 Å². The lowest BCUT2D eigenvalue weighted by Crippen LogP contribution is -2.35. The molecule has 2 heterocycles. The van der Waals surface area contributed by atoms with Crippen molar-refractivity contribution in [1.82, 2.24) is 0 Å². The molecule has 212 valence electrons. The predicted octanol–water partition coefficient (Wildman–Crippen LogP) is 3.29. The second-order valence-corrected chi connectivity index (χ2v) is 10.2. The fourth-order valence-corrected chi connectivity index (χ4v) is 5.59. The van der Waals surface area contributed by atoms with Crippen LogP contribution in [0.1, 0.15) is 45.9 Å². The third kappa shape index (κ3) is 4.31. The molecule has 4 aromatic carbocycles. The van der Waals surface area contributed by atoms with Crippen LogP contribution < -0.4 is 9.47 Å². The number of aliphatic hydroxyl groups is 2. The van der Waals surface area contributed by atoms with E-state index >= 15 is 0 Å². The summed E-state index contributed by atoms with van der Waals surface area (Å²) in [5, 5.41) is 94.6. The van der Waals surface area contributed by atoms with Crippen molar-refractivity contribution in [2.24, 2.45) is 0 Å². The fraction of sp³-hybridized carbons (Fsp3) is 0.200. The van der Waals surface area contributed by atoms with Gasteiger partial charge in [-0.2, -0.15) is 0 Å². The van der Waals surface area contributed by atoms with E-state index in [-0.39, 0.29) is 51.9 Å². The molecular formula is C30H26O11. The van der Waals surface area contributed by atoms with Gasteiger partial charge in [0.1, 0.15) is 41.0 Å². The molecule has 0 aromatic heterocycles. The maximum absolute atomic E-state index is 11.6. The van der Waals surface area contributed by atoms with Crippen molar-refractivity contribution in [2.45, 2.75) is 36.8 Å². The lowest BCUT2D eigenvalue weighted by atomic mass is 9.78. The molecule has 41 heavy (non-hydrogen) atoms. The number of fused-ring (bicyclic) bond motifs is 2. The molecule has 4 aromatic rings. The molecule has 0 spiro atoms. The SMILES string of the molecule is Oc1ccc2c(c1)O[C@@H](c1ccc(O)c(O)c1)[C@H](O)[C@@H]2c1c(O)cc2c(c1O)C[C@H](O)[C@@H](c1ccc(O)c(O)c1)O2. The van der Waals surface area contributed by atoms with E-state index in [1.165, 1.54) is 60.7 Å². The number of aromatic hydroxyl groups is 7. The molecule has 0 amide bonds. The second kappa shape index (κ2) is 9.58. The summed E-state index contributed by atoms with van der Waals surface area (Å²) >= 11 is 0. The molecular weight excluding hydrogens is 536 g/mol. The van der Waals surface area contributed by atoms with Gasteiger partial charge in [-0.05, 0) is 41.5 Å². The first kappa shape index (κ1) is 26.2. The zero-order valence-corrected chi connectivity index (χ0v) is 21.2. The van der Waals surface area contributed by atoms with Gasteiger partial charge in [-0.3, -0.25) is 0 Å². The highest BCUT2D eigenvalue weighted by molar-refractivity contribution is 5.63. The maximum atomic E-state index is 11.6. The minimum absolute atomic E-state index is 0.0686. The lowest BCUT2D eigenvalue weighted by Gasteiger charge is -2.39. The van der Waals surface area contributed by atoms with E-state index in [2.05, 4.69) is 0 Å². The largest absolute Gasteiger partial charge is 0.508 e. The number of aliphatic hydroxyl groups excluding tert-OH is 2. The van der Waals surface area contributed by atoms with Gasteiger partial charge in [-0.1, -0.05) is 18.2 Å². The van der Waals surface area contributed by atoms with Gasteiger partial charge in [0.15, 0.2) is 29.1 Å². The van der Waals surface area contributed by atoms with Gasteiger partial charge in [0.05, 0.1) is 6.10 Å². The molecule has 6 rings (SSSR count). The summed E-state index contributed by atoms with van der Waals surface area (Å²) in [6.07, 6.45) is -4.87. The summed E-state index contributed by atoms with van der Waals surface area (Å²) in [5.41, 5.74) is 1.07. The Morgan fingerprint density at radius 3 is 1.83 bits per heavy atom. The van der Waals surface area contributed by atoms with E-state index in [1.54, 1.807) is 0 Å². The first-order chi connectivity index (χ1) is 19.5. The van der Waals surface area contributed by atoms with Gasteiger partial charge >= 0.3 is 0 Å². The summed E-state index contributed by atoms with van der Waals surface area (Å²) in [4.78, 5) is 0. The number of hydrogen-bond acceptors (Lipinski definition) is 11. The first-order valence-electron chi connectivity index (χ1n) is 12.7. The van der Waals surface area contributed by atoms with Crippen LogP contribution in [0.15, 0.2) is 60.7 Å². The summed E-state index contributed by atoms with van der Waals surface area (Å²) in [6.45, 7) is 0. The molecule has 11 nitrogen and oxygen atoms in total. The monoisotopic (exact) mass is 562 g/mol. The summed E-state index contributed by atoms with van der Waals surface area (Å²) in [5.74, 6) is -3.44. The van der Waals surface area contributed by atoms with Crippen LogP contribution in [-0.4, -0.2) is 58.2 Å². The molecule has 0 saturated heterocycles. The Balaban J connectivity index is 1.45. The van der Waals surface area contributed by atoms with E-state index in [1.807, 2.05) is 0 Å². The Morgan fingerprint density at radius 1 is 0.585 bits per heavy atom. The van der Waals surface area contributed by atoms with Gasteiger partial charge in [-0.25, -0.2) is 0 Å². The fourth-order valence-electron chi connectivity index (χ4n) is 5.59. The van der Waals surface area contributed by atoms with Crippen LogP contribution in [0.4, 0.5) is 0 Å². The van der Waals surface area contributed by atoms with Crippen molar-refractivity contribution in [2.75, 3.05) is 0 Å². The molecule has 0 bridgehead atoms. The molecule has 2 aliphatic rings. The topological polar surface area (TPSA) is 201 Å². The molecule has 0 unspecified atom stereocenters. The number of phenolic OH excluding ortho intramolecular Hbond substituents is 7. The number of phenols is 7. The number of hydrogen-bond donors (Lipinski definition) is 9. The average molecular weight is 563 g/mol. The molecule has 11 heteroatoms. The summed E-state index contributed by atoms with van der Waals surface area (Å²) in [7, 11) is 0. The maximum Gasteiger partial charge on any atom is 0.157 e. The van der Waals surface area contributed by atoms with E-state index in [4.69, 9.17) is 9.47 Å². The standard InChI is InChI=1S/C30H26O11/c31-14-3-4-15-23(9-14)41-30(13-2-6-18(33)20(35)8-13)28(39)25(15)26-21(36)11-24-16(27(26)38)10-22(37)29(40-24)12-1-5-17(32)19(34)7-12/h1-9,11,22,25,28-39H,10H2/t22-,25-,28+,29+,30-/m0/s1. The quantitative estimate of drug-likeness (QED) is 0.166. The van der Waals surface area contributed by atoms with Crippen molar-refractivity contribution in [3.63, 3.8) is 0 Å². The highest BCUT2D eigenvalue weighted by Crippen LogP contribution is 2.54. The molecule has 0 aliphatic carbocycles. The van der Waals surface area contributed by atoms with Crippen molar-refractivity contribution in [3.8, 4) is 51.7 Å². The Kier molecular flexibility index (Phi) is 6.13. The van der Waals surface area contributed by atoms with E-state index in [9.17, 15) is 46.0 Å². The van der Waals surface area contributed by atoms with Gasteiger partial charge in [0, 0.05) is 41.2 Å². The molecule has 5 atom stereocenters. The van der Waals surface area contributed by atoms with Crippen LogP contribution in [-0.2, 0) is 6.42 Å². The van der Waals surface area contributed by atoms with Gasteiger partial charge in [0.2, 0.25) is 0 Å². The van der Waals surface area contributed by atoms with Gasteiger partial charge in [0.25, 0.3) is 0 Å². The Morgan fingerprint density at radius 2 is 1.20 bits per heavy atom. The number of benzene rings is 4. The van der Waals surface area contributed by atoms with Crippen LogP contribution in [0.5, 0.6) is 51.7 Å². The third-order valence-electron chi connectivity index (χ3n) is 7.60. The van der Waals surface area contributed by atoms with Crippen LogP contribution in [0.3, 0.4) is 0 Å². The zero-order valence-electron chi connectivity index (χ0n) is 21.2. The normalized spacial score (nSPS) is 23.1. The first-order valence-corrected chi connectivity index (χ1v) is 12.7. The third-order valence-corrected chi connectivity index (χ3v) is 7.60. The van der Waals surface area contributed by atoms with Crippen molar-refractivity contribution in [3.05, 3.63) is 88.5 Å². The van der Waals surface area contributed by atoms with Crippen molar-refractivity contribution in [1.29, 1.82) is 0 Å². The number of rotatable bonds is 3. The average Bonchev–Trinajstić information content (AvgIpc) is 2.93. The van der Waals surface area contributed by atoms with Gasteiger partial charge < -0.3 is 55.4 Å². The molecule has 0 fully saturated rings. The minimum Gasteiger partial charge on any atom is -0.508 e. The molecule has 0 saturated carbocycles. The van der Waals surface area contributed by atoms with E-state index < -0.39 is 53.3 Å². The molecule has 0 radical (unpaired) electrons.